The molecule has 8 nitrogen and oxygen atoms in total. The summed E-state index contributed by atoms with van der Waals surface area (Å²) >= 11 is 5.88. The average molecular weight is 282 g/mol. The molecule has 0 aliphatic heterocycles. The van der Waals surface area contributed by atoms with Gasteiger partial charge in [-0.05, 0) is 6.07 Å². The van der Waals surface area contributed by atoms with Crippen molar-refractivity contribution in [3.8, 4) is 11.6 Å². The molecule has 0 saturated heterocycles. The molecule has 9 heteroatoms. The van der Waals surface area contributed by atoms with E-state index in [2.05, 4.69) is 15.4 Å². The molecule has 0 aliphatic rings. The monoisotopic (exact) mass is 281 g/mol. The van der Waals surface area contributed by atoms with Crippen LogP contribution in [0.3, 0.4) is 0 Å². The number of hydrogen-bond donors (Lipinski definition) is 2. The number of nitro benzene ring substituents is 1. The van der Waals surface area contributed by atoms with Crippen molar-refractivity contribution in [1.29, 1.82) is 0 Å². The number of hydrazine groups is 1. The summed E-state index contributed by atoms with van der Waals surface area (Å²) in [6.07, 6.45) is 1.25. The van der Waals surface area contributed by atoms with E-state index in [1.807, 2.05) is 0 Å². The zero-order valence-corrected chi connectivity index (χ0v) is 10.2. The summed E-state index contributed by atoms with van der Waals surface area (Å²) in [5.74, 6) is 6.01. The van der Waals surface area contributed by atoms with Gasteiger partial charge in [0.2, 0.25) is 5.88 Å². The summed E-state index contributed by atoms with van der Waals surface area (Å²) in [6, 6.07) is 5.32. The molecular weight excluding hydrogens is 274 g/mol. The molecule has 1 heterocycles. The lowest BCUT2D eigenvalue weighted by Gasteiger charge is -2.07. The number of anilines is 1. The van der Waals surface area contributed by atoms with E-state index in [1.54, 1.807) is 0 Å². The molecule has 1 aromatic carbocycles. The van der Waals surface area contributed by atoms with Gasteiger partial charge in [-0.1, -0.05) is 11.6 Å². The highest BCUT2D eigenvalue weighted by Crippen LogP contribution is 2.31. The van der Waals surface area contributed by atoms with Crippen molar-refractivity contribution in [2.24, 2.45) is 5.84 Å². The van der Waals surface area contributed by atoms with Crippen molar-refractivity contribution in [2.45, 2.75) is 0 Å². The van der Waals surface area contributed by atoms with Gasteiger partial charge in [-0.15, -0.1) is 0 Å². The number of non-ortho nitro benzene ring substituents is 1. The van der Waals surface area contributed by atoms with Crippen molar-refractivity contribution in [3.05, 3.63) is 45.7 Å². The standard InChI is InChI=1S/C10H8ClN5O3/c11-7-3-6(16(17)18)1-2-8(7)19-10-4-9(15-12)13-5-14-10/h1-5H,12H2,(H,13,14,15). The first kappa shape index (κ1) is 13.0. The second kappa shape index (κ2) is 5.46. The van der Waals surface area contributed by atoms with Gasteiger partial charge in [-0.3, -0.25) is 10.1 Å². The maximum absolute atomic E-state index is 10.6. The minimum atomic E-state index is -0.545. The minimum absolute atomic E-state index is 0.107. The van der Waals surface area contributed by atoms with Crippen LogP contribution in [0.15, 0.2) is 30.6 Å². The molecular formula is C10H8ClN5O3. The molecule has 19 heavy (non-hydrogen) atoms. The lowest BCUT2D eigenvalue weighted by atomic mass is 10.3. The first-order chi connectivity index (χ1) is 9.10. The van der Waals surface area contributed by atoms with Crippen LogP contribution in [0.4, 0.5) is 11.5 Å². The predicted molar refractivity (Wildman–Crippen MR) is 68.0 cm³/mol. The second-order valence-corrected chi connectivity index (χ2v) is 3.77. The molecule has 0 amide bonds. The van der Waals surface area contributed by atoms with E-state index in [1.165, 1.54) is 30.6 Å². The highest BCUT2D eigenvalue weighted by Gasteiger charge is 2.11. The SMILES string of the molecule is NNc1cc(Oc2ccc([N+](=O)[O-])cc2Cl)ncn1. The van der Waals surface area contributed by atoms with Crippen molar-refractivity contribution >= 4 is 23.1 Å². The fraction of sp³-hybridized carbons (Fsp3) is 0. The summed E-state index contributed by atoms with van der Waals surface area (Å²) < 4.78 is 5.39. The average Bonchev–Trinajstić information content (AvgIpc) is 2.41. The first-order valence-electron chi connectivity index (χ1n) is 5.00. The molecule has 0 saturated carbocycles. The normalized spacial score (nSPS) is 10.0. The number of halogens is 1. The van der Waals surface area contributed by atoms with E-state index >= 15 is 0 Å². The number of ether oxygens (including phenoxy) is 1. The van der Waals surface area contributed by atoms with Crippen LogP contribution in [0.2, 0.25) is 5.02 Å². The molecule has 0 spiro atoms. The third-order valence-corrected chi connectivity index (χ3v) is 2.43. The lowest BCUT2D eigenvalue weighted by Crippen LogP contribution is -2.08. The smallest absolute Gasteiger partial charge is 0.271 e. The fourth-order valence-electron chi connectivity index (χ4n) is 1.27. The van der Waals surface area contributed by atoms with Crippen LogP contribution in [0.5, 0.6) is 11.6 Å². The third kappa shape index (κ3) is 3.06. The minimum Gasteiger partial charge on any atom is -0.437 e. The van der Waals surface area contributed by atoms with Gasteiger partial charge >= 0.3 is 0 Å². The van der Waals surface area contributed by atoms with Crippen molar-refractivity contribution < 1.29 is 9.66 Å². The van der Waals surface area contributed by atoms with Crippen LogP contribution in [0.25, 0.3) is 0 Å². The second-order valence-electron chi connectivity index (χ2n) is 3.36. The molecule has 1 aromatic heterocycles. The summed E-state index contributed by atoms with van der Waals surface area (Å²) in [5.41, 5.74) is 2.22. The zero-order valence-electron chi connectivity index (χ0n) is 9.41. The van der Waals surface area contributed by atoms with E-state index < -0.39 is 4.92 Å². The number of nitrogens with two attached hydrogens (primary N) is 1. The number of benzene rings is 1. The fourth-order valence-corrected chi connectivity index (χ4v) is 1.49. The number of nitrogens with zero attached hydrogens (tertiary/aromatic N) is 3. The molecule has 3 N–H and O–H groups in total. The van der Waals surface area contributed by atoms with Crippen LogP contribution in [0, 0.1) is 10.1 Å². The van der Waals surface area contributed by atoms with E-state index in [9.17, 15) is 10.1 Å². The Balaban J connectivity index is 2.25. The Hall–Kier alpha value is -2.45. The Kier molecular flexibility index (Phi) is 3.74. The zero-order chi connectivity index (χ0) is 13.8. The quantitative estimate of drug-likeness (QED) is 0.501. The Labute approximate surface area is 112 Å². The molecule has 0 fully saturated rings. The molecule has 98 valence electrons. The van der Waals surface area contributed by atoms with Crippen molar-refractivity contribution in [2.75, 3.05) is 5.43 Å². The molecule has 2 rings (SSSR count). The van der Waals surface area contributed by atoms with Crippen molar-refractivity contribution in [3.63, 3.8) is 0 Å². The van der Waals surface area contributed by atoms with E-state index in [-0.39, 0.29) is 22.3 Å². The number of nitrogens with one attached hydrogen (secondary N) is 1. The van der Waals surface area contributed by atoms with Gasteiger partial charge in [-0.2, -0.15) is 0 Å². The van der Waals surface area contributed by atoms with E-state index in [0.29, 0.717) is 5.82 Å². The Morgan fingerprint density at radius 3 is 2.79 bits per heavy atom. The van der Waals surface area contributed by atoms with Gasteiger partial charge in [0.25, 0.3) is 5.69 Å². The van der Waals surface area contributed by atoms with E-state index in [0.717, 1.165) is 0 Å². The van der Waals surface area contributed by atoms with Gasteiger partial charge in [0.1, 0.15) is 17.9 Å². The van der Waals surface area contributed by atoms with Crippen LogP contribution in [0.1, 0.15) is 0 Å². The number of nitrogen functional groups attached to an aromatic ring is 1. The predicted octanol–water partition coefficient (Wildman–Crippen LogP) is 2.12. The van der Waals surface area contributed by atoms with Crippen molar-refractivity contribution in [1.82, 2.24) is 9.97 Å². The Morgan fingerprint density at radius 1 is 1.37 bits per heavy atom. The Morgan fingerprint density at radius 2 is 2.16 bits per heavy atom. The van der Waals surface area contributed by atoms with Gasteiger partial charge in [0, 0.05) is 18.2 Å². The maximum atomic E-state index is 10.6. The van der Waals surface area contributed by atoms with Gasteiger partial charge in [0.05, 0.1) is 9.95 Å². The highest BCUT2D eigenvalue weighted by molar-refractivity contribution is 6.32. The summed E-state index contributed by atoms with van der Waals surface area (Å²) in [4.78, 5) is 17.7. The largest absolute Gasteiger partial charge is 0.437 e. The molecule has 0 radical (unpaired) electrons. The van der Waals surface area contributed by atoms with Gasteiger partial charge in [-0.25, -0.2) is 15.8 Å². The summed E-state index contributed by atoms with van der Waals surface area (Å²) in [7, 11) is 0. The molecule has 0 bridgehead atoms. The number of hydrogen-bond acceptors (Lipinski definition) is 7. The number of nitro groups is 1. The molecule has 0 unspecified atom stereocenters. The van der Waals surface area contributed by atoms with Gasteiger partial charge < -0.3 is 10.2 Å². The van der Waals surface area contributed by atoms with Crippen LogP contribution in [-0.2, 0) is 0 Å². The number of rotatable bonds is 4. The van der Waals surface area contributed by atoms with Crippen LogP contribution in [-0.4, -0.2) is 14.9 Å². The molecule has 0 aliphatic carbocycles. The summed E-state index contributed by atoms with van der Waals surface area (Å²) in [5, 5.41) is 10.7. The molecule has 0 atom stereocenters. The molecule has 2 aromatic rings. The van der Waals surface area contributed by atoms with Crippen LogP contribution < -0.4 is 16.0 Å². The Bertz CT molecular complexity index is 622. The van der Waals surface area contributed by atoms with Crippen LogP contribution >= 0.6 is 11.6 Å². The lowest BCUT2D eigenvalue weighted by molar-refractivity contribution is -0.384. The topological polar surface area (TPSA) is 116 Å². The highest BCUT2D eigenvalue weighted by atomic mass is 35.5. The first-order valence-corrected chi connectivity index (χ1v) is 5.38. The maximum Gasteiger partial charge on any atom is 0.271 e. The van der Waals surface area contributed by atoms with E-state index in [4.69, 9.17) is 22.2 Å². The number of aromatic nitrogens is 2. The third-order valence-electron chi connectivity index (χ3n) is 2.13. The summed E-state index contributed by atoms with van der Waals surface area (Å²) in [6.45, 7) is 0. The van der Waals surface area contributed by atoms with Gasteiger partial charge in [0.15, 0.2) is 0 Å².